The van der Waals surface area contributed by atoms with Crippen LogP contribution in [0.5, 0.6) is 11.5 Å². The van der Waals surface area contributed by atoms with Crippen LogP contribution in [0.4, 0.5) is 0 Å². The predicted octanol–water partition coefficient (Wildman–Crippen LogP) is 4.47. The molecule has 10 nitrogen and oxygen atoms in total. The summed E-state index contributed by atoms with van der Waals surface area (Å²) in [4.78, 5) is 39.2. The van der Waals surface area contributed by atoms with Crippen molar-refractivity contribution in [1.82, 2.24) is 0 Å². The Morgan fingerprint density at radius 1 is 0.636 bits per heavy atom. The van der Waals surface area contributed by atoms with Crippen molar-refractivity contribution in [2.24, 2.45) is 0 Å². The van der Waals surface area contributed by atoms with Gasteiger partial charge in [0.1, 0.15) is 24.2 Å². The molecule has 0 spiro atoms. The van der Waals surface area contributed by atoms with Crippen LogP contribution >= 0.6 is 0 Å². The maximum atomic E-state index is 13.2. The predicted molar refractivity (Wildman–Crippen MR) is 156 cm³/mol. The summed E-state index contributed by atoms with van der Waals surface area (Å²) < 4.78 is 34.3. The fourth-order valence-electron chi connectivity index (χ4n) is 4.54. The van der Waals surface area contributed by atoms with Crippen LogP contribution in [0.15, 0.2) is 115 Å². The van der Waals surface area contributed by atoms with Gasteiger partial charge in [0.2, 0.25) is 6.29 Å². The number of benzene rings is 4. The molecule has 0 aliphatic carbocycles. The van der Waals surface area contributed by atoms with Crippen LogP contribution in [0.2, 0.25) is 0 Å². The highest BCUT2D eigenvalue weighted by molar-refractivity contribution is 5.91. The lowest BCUT2D eigenvalue weighted by Gasteiger charge is -2.43. The molecule has 0 saturated carbocycles. The lowest BCUT2D eigenvalue weighted by atomic mass is 9.98. The molecule has 0 unspecified atom stereocenters. The molecular formula is C34H30O10. The van der Waals surface area contributed by atoms with Crippen molar-refractivity contribution in [1.29, 1.82) is 0 Å². The number of carbonyl (C=O) groups excluding carboxylic acids is 3. The van der Waals surface area contributed by atoms with E-state index >= 15 is 0 Å². The molecule has 4 aromatic carbocycles. The van der Waals surface area contributed by atoms with E-state index in [1.165, 1.54) is 7.11 Å². The molecule has 4 aromatic rings. The second kappa shape index (κ2) is 14.3. The van der Waals surface area contributed by atoms with Crippen molar-refractivity contribution in [3.8, 4) is 11.5 Å². The van der Waals surface area contributed by atoms with Crippen LogP contribution in [0.25, 0.3) is 0 Å². The number of aliphatic hydroxyl groups excluding tert-OH is 1. The first-order valence-electron chi connectivity index (χ1n) is 13.8. The molecule has 1 saturated heterocycles. The first-order chi connectivity index (χ1) is 21.4. The normalized spacial score (nSPS) is 21.0. The zero-order valence-electron chi connectivity index (χ0n) is 23.7. The van der Waals surface area contributed by atoms with Gasteiger partial charge in [-0.25, -0.2) is 14.4 Å². The van der Waals surface area contributed by atoms with Crippen molar-refractivity contribution in [3.05, 3.63) is 132 Å². The van der Waals surface area contributed by atoms with E-state index in [1.54, 1.807) is 115 Å². The first-order valence-corrected chi connectivity index (χ1v) is 13.8. The summed E-state index contributed by atoms with van der Waals surface area (Å²) >= 11 is 0. The minimum atomic E-state index is -1.63. The van der Waals surface area contributed by atoms with Gasteiger partial charge in [-0.2, -0.15) is 0 Å². The molecule has 226 valence electrons. The van der Waals surface area contributed by atoms with Crippen LogP contribution in [0.3, 0.4) is 0 Å². The lowest BCUT2D eigenvalue weighted by molar-refractivity contribution is -0.276. The second-order valence-corrected chi connectivity index (χ2v) is 9.76. The van der Waals surface area contributed by atoms with Crippen LogP contribution < -0.4 is 9.47 Å². The number of aliphatic hydroxyl groups is 1. The third-order valence-corrected chi connectivity index (χ3v) is 6.82. The van der Waals surface area contributed by atoms with Crippen LogP contribution in [0.1, 0.15) is 31.1 Å². The number of methoxy groups -OCH3 is 1. The van der Waals surface area contributed by atoms with E-state index < -0.39 is 55.2 Å². The maximum Gasteiger partial charge on any atom is 0.338 e. The Labute approximate surface area is 253 Å². The van der Waals surface area contributed by atoms with Gasteiger partial charge in [0.25, 0.3) is 0 Å². The van der Waals surface area contributed by atoms with E-state index in [2.05, 4.69) is 0 Å². The van der Waals surface area contributed by atoms with E-state index in [9.17, 15) is 19.5 Å². The van der Waals surface area contributed by atoms with Crippen molar-refractivity contribution < 1.29 is 47.9 Å². The van der Waals surface area contributed by atoms with E-state index in [1.807, 2.05) is 0 Å². The van der Waals surface area contributed by atoms with Gasteiger partial charge in [0.15, 0.2) is 18.3 Å². The molecule has 0 radical (unpaired) electrons. The zero-order chi connectivity index (χ0) is 30.9. The summed E-state index contributed by atoms with van der Waals surface area (Å²) in [6.07, 6.45) is -7.13. The number of ether oxygens (including phenoxy) is 6. The van der Waals surface area contributed by atoms with E-state index in [0.717, 1.165) is 0 Å². The average molecular weight is 599 g/mol. The Morgan fingerprint density at radius 2 is 1.09 bits per heavy atom. The topological polar surface area (TPSA) is 127 Å². The second-order valence-electron chi connectivity index (χ2n) is 9.76. The van der Waals surface area contributed by atoms with Crippen LogP contribution in [-0.4, -0.2) is 67.4 Å². The average Bonchev–Trinajstić information content (AvgIpc) is 3.08. The van der Waals surface area contributed by atoms with Crippen molar-refractivity contribution in [2.45, 2.75) is 30.7 Å². The molecule has 1 heterocycles. The fraction of sp³-hybridized carbons (Fsp3) is 0.206. The molecule has 5 rings (SSSR count). The van der Waals surface area contributed by atoms with Gasteiger partial charge < -0.3 is 33.5 Å². The molecule has 10 heteroatoms. The Morgan fingerprint density at radius 3 is 1.59 bits per heavy atom. The van der Waals surface area contributed by atoms with Crippen molar-refractivity contribution in [3.63, 3.8) is 0 Å². The fourth-order valence-corrected chi connectivity index (χ4v) is 4.54. The molecule has 0 aromatic heterocycles. The smallest absolute Gasteiger partial charge is 0.338 e. The van der Waals surface area contributed by atoms with Gasteiger partial charge in [-0.1, -0.05) is 54.6 Å². The monoisotopic (exact) mass is 598 g/mol. The first kappa shape index (κ1) is 30.3. The molecule has 0 amide bonds. The summed E-state index contributed by atoms with van der Waals surface area (Å²) in [6, 6.07) is 31.1. The Kier molecular flexibility index (Phi) is 9.85. The number of hydrogen-bond donors (Lipinski definition) is 1. The number of carbonyl (C=O) groups is 3. The molecular weight excluding hydrogens is 568 g/mol. The molecule has 1 N–H and O–H groups in total. The minimum absolute atomic E-state index is 0.207. The highest BCUT2D eigenvalue weighted by Crippen LogP contribution is 2.30. The van der Waals surface area contributed by atoms with Gasteiger partial charge in [-0.3, -0.25) is 0 Å². The summed E-state index contributed by atoms with van der Waals surface area (Å²) in [7, 11) is 1.52. The molecule has 0 bridgehead atoms. The lowest BCUT2D eigenvalue weighted by Crippen LogP contribution is -2.62. The summed E-state index contributed by atoms with van der Waals surface area (Å²) in [5.74, 6) is -1.31. The van der Waals surface area contributed by atoms with Gasteiger partial charge >= 0.3 is 17.9 Å². The molecule has 1 aliphatic rings. The number of esters is 3. The van der Waals surface area contributed by atoms with Crippen LogP contribution in [0, 0.1) is 0 Å². The van der Waals surface area contributed by atoms with Gasteiger partial charge in [0.05, 0.1) is 23.8 Å². The third kappa shape index (κ3) is 7.41. The molecule has 1 fully saturated rings. The molecule has 5 atom stereocenters. The standard InChI is InChI=1S/C34H30O10/c1-39-25-17-19-26(20-18-25)41-34-28(35)30(44-33(38)24-15-9-4-10-16-24)29(43-32(37)23-13-7-3-8-14-23)27(42-34)21-40-31(36)22-11-5-2-6-12-22/h2-20,27-30,34-35H,21H2,1H3/t27-,28-,29+,30-,34-/m1/s1. The Bertz CT molecular complexity index is 1530. The SMILES string of the molecule is COc1ccc(O[C@@H]2O[C@H](COC(=O)c3ccccc3)[C@H](OC(=O)c3ccccc3)[C@H](OC(=O)c3ccccc3)[C@H]2O)cc1. The van der Waals surface area contributed by atoms with E-state index in [-0.39, 0.29) is 11.1 Å². The number of hydrogen-bond acceptors (Lipinski definition) is 10. The highest BCUT2D eigenvalue weighted by atomic mass is 16.7. The molecule has 1 aliphatic heterocycles. The summed E-state index contributed by atoms with van der Waals surface area (Å²) in [5, 5.41) is 11.5. The van der Waals surface area contributed by atoms with E-state index in [4.69, 9.17) is 28.4 Å². The third-order valence-electron chi connectivity index (χ3n) is 6.82. The summed E-state index contributed by atoms with van der Waals surface area (Å²) in [6.45, 7) is -0.422. The Balaban J connectivity index is 1.46. The largest absolute Gasteiger partial charge is 0.497 e. The summed E-state index contributed by atoms with van der Waals surface area (Å²) in [5.41, 5.74) is 0.713. The number of rotatable bonds is 10. The highest BCUT2D eigenvalue weighted by Gasteiger charge is 2.51. The Hall–Kier alpha value is -5.19. The van der Waals surface area contributed by atoms with Gasteiger partial charge in [0, 0.05) is 0 Å². The van der Waals surface area contributed by atoms with E-state index in [0.29, 0.717) is 17.1 Å². The minimum Gasteiger partial charge on any atom is -0.497 e. The van der Waals surface area contributed by atoms with Crippen molar-refractivity contribution >= 4 is 17.9 Å². The quantitative estimate of drug-likeness (QED) is 0.206. The van der Waals surface area contributed by atoms with Gasteiger partial charge in [-0.05, 0) is 60.7 Å². The molecule has 44 heavy (non-hydrogen) atoms. The van der Waals surface area contributed by atoms with Crippen molar-refractivity contribution in [2.75, 3.05) is 13.7 Å². The maximum absolute atomic E-state index is 13.2. The van der Waals surface area contributed by atoms with Gasteiger partial charge in [-0.15, -0.1) is 0 Å². The zero-order valence-corrected chi connectivity index (χ0v) is 23.7. The van der Waals surface area contributed by atoms with Crippen LogP contribution in [-0.2, 0) is 18.9 Å².